The lowest BCUT2D eigenvalue weighted by Gasteiger charge is -2.10. The number of rotatable bonds is 5. The number of carbonyl (C=O) groups is 2. The number of carbonyl (C=O) groups excluding carboxylic acids is 2. The molecule has 0 saturated heterocycles. The molecule has 122 valence electrons. The van der Waals surface area contributed by atoms with Crippen molar-refractivity contribution in [3.05, 3.63) is 30.1 Å². The highest BCUT2D eigenvalue weighted by atomic mass is 16.5. The van der Waals surface area contributed by atoms with E-state index < -0.39 is 5.97 Å². The first-order chi connectivity index (χ1) is 11.2. The number of hydrogen-bond acceptors (Lipinski definition) is 4. The maximum absolute atomic E-state index is 12.1. The van der Waals surface area contributed by atoms with Gasteiger partial charge in [-0.05, 0) is 37.8 Å². The summed E-state index contributed by atoms with van der Waals surface area (Å²) in [5, 5.41) is 7.05. The molecular formula is C17H21N3O3. The van der Waals surface area contributed by atoms with Crippen molar-refractivity contribution in [2.45, 2.75) is 39.0 Å². The molecule has 1 amide bonds. The molecule has 0 unspecified atom stereocenters. The largest absolute Gasteiger partial charge is 0.462 e. The summed E-state index contributed by atoms with van der Waals surface area (Å²) < 4.78 is 6.62. The summed E-state index contributed by atoms with van der Waals surface area (Å²) in [6.45, 7) is 2.08. The van der Waals surface area contributed by atoms with Crippen molar-refractivity contribution < 1.29 is 14.3 Å². The second-order valence-electron chi connectivity index (χ2n) is 5.93. The van der Waals surface area contributed by atoms with Crippen LogP contribution in [0.1, 0.15) is 49.4 Å². The quantitative estimate of drug-likeness (QED) is 0.861. The Hall–Kier alpha value is -2.37. The molecule has 23 heavy (non-hydrogen) atoms. The molecule has 1 N–H and O–H groups in total. The van der Waals surface area contributed by atoms with Gasteiger partial charge in [0.2, 0.25) is 5.91 Å². The summed E-state index contributed by atoms with van der Waals surface area (Å²) in [7, 11) is 0. The zero-order valence-corrected chi connectivity index (χ0v) is 13.2. The van der Waals surface area contributed by atoms with Gasteiger partial charge in [0.05, 0.1) is 18.3 Å². The molecule has 2 aromatic rings. The van der Waals surface area contributed by atoms with E-state index in [9.17, 15) is 9.59 Å². The molecule has 6 heteroatoms. The van der Waals surface area contributed by atoms with Crippen LogP contribution >= 0.6 is 0 Å². The van der Waals surface area contributed by atoms with Crippen molar-refractivity contribution in [2.75, 3.05) is 11.9 Å². The second-order valence-corrected chi connectivity index (χ2v) is 5.93. The van der Waals surface area contributed by atoms with Crippen LogP contribution in [0, 0.1) is 5.92 Å². The Kier molecular flexibility index (Phi) is 4.60. The van der Waals surface area contributed by atoms with Crippen molar-refractivity contribution in [1.29, 1.82) is 0 Å². The van der Waals surface area contributed by atoms with E-state index in [-0.39, 0.29) is 5.91 Å². The minimum absolute atomic E-state index is 0.0263. The van der Waals surface area contributed by atoms with Crippen molar-refractivity contribution in [1.82, 2.24) is 9.61 Å². The SMILES string of the molecule is CCOC(=O)c1cnn2ccc(NC(=O)CC3CCCC3)cc12. The first-order valence-electron chi connectivity index (χ1n) is 8.11. The lowest BCUT2D eigenvalue weighted by atomic mass is 10.0. The fourth-order valence-electron chi connectivity index (χ4n) is 3.11. The van der Waals surface area contributed by atoms with Gasteiger partial charge in [0.25, 0.3) is 0 Å². The Bertz CT molecular complexity index is 717. The number of nitrogens with zero attached hydrogens (tertiary/aromatic N) is 2. The van der Waals surface area contributed by atoms with E-state index in [0.717, 1.165) is 12.8 Å². The molecule has 0 bridgehead atoms. The van der Waals surface area contributed by atoms with Crippen molar-refractivity contribution in [3.8, 4) is 0 Å². The Morgan fingerprint density at radius 3 is 2.91 bits per heavy atom. The van der Waals surface area contributed by atoms with Crippen molar-refractivity contribution in [2.24, 2.45) is 5.92 Å². The molecule has 0 radical (unpaired) electrons. The Balaban J connectivity index is 1.74. The van der Waals surface area contributed by atoms with Crippen LogP contribution in [-0.2, 0) is 9.53 Å². The molecular weight excluding hydrogens is 294 g/mol. The molecule has 1 fully saturated rings. The van der Waals surface area contributed by atoms with E-state index in [2.05, 4.69) is 10.4 Å². The van der Waals surface area contributed by atoms with Crippen molar-refractivity contribution >= 4 is 23.1 Å². The number of ether oxygens (including phenoxy) is 1. The molecule has 0 aromatic carbocycles. The summed E-state index contributed by atoms with van der Waals surface area (Å²) in [5.74, 6) is 0.124. The minimum atomic E-state index is -0.406. The first kappa shape index (κ1) is 15.5. The average molecular weight is 315 g/mol. The van der Waals surface area contributed by atoms with E-state index in [0.29, 0.717) is 35.7 Å². The minimum Gasteiger partial charge on any atom is -0.462 e. The molecule has 0 aliphatic heterocycles. The van der Waals surface area contributed by atoms with Crippen LogP contribution in [0.5, 0.6) is 0 Å². The summed E-state index contributed by atoms with van der Waals surface area (Å²) in [6.07, 6.45) is 8.51. The van der Waals surface area contributed by atoms with Gasteiger partial charge in [-0.2, -0.15) is 5.10 Å². The number of nitrogens with one attached hydrogen (secondary N) is 1. The monoisotopic (exact) mass is 315 g/mol. The zero-order valence-electron chi connectivity index (χ0n) is 13.2. The highest BCUT2D eigenvalue weighted by Gasteiger charge is 2.19. The van der Waals surface area contributed by atoms with Crippen LogP contribution in [0.2, 0.25) is 0 Å². The van der Waals surface area contributed by atoms with Crippen LogP contribution < -0.4 is 5.32 Å². The number of pyridine rings is 1. The maximum Gasteiger partial charge on any atom is 0.341 e. The Labute approximate surface area is 134 Å². The van der Waals surface area contributed by atoms with Crippen molar-refractivity contribution in [3.63, 3.8) is 0 Å². The summed E-state index contributed by atoms with van der Waals surface area (Å²) in [6, 6.07) is 3.54. The lowest BCUT2D eigenvalue weighted by Crippen LogP contribution is -2.15. The number of aromatic nitrogens is 2. The molecule has 6 nitrogen and oxygen atoms in total. The topological polar surface area (TPSA) is 72.7 Å². The summed E-state index contributed by atoms with van der Waals surface area (Å²) >= 11 is 0. The van der Waals surface area contributed by atoms with Gasteiger partial charge < -0.3 is 10.1 Å². The van der Waals surface area contributed by atoms with Crippen LogP contribution in [-0.4, -0.2) is 28.1 Å². The predicted octanol–water partition coefficient (Wildman–Crippen LogP) is 3.03. The molecule has 1 aliphatic rings. The zero-order chi connectivity index (χ0) is 16.2. The van der Waals surface area contributed by atoms with E-state index in [1.807, 2.05) is 0 Å². The van der Waals surface area contributed by atoms with Crippen LogP contribution in [0.3, 0.4) is 0 Å². The van der Waals surface area contributed by atoms with Gasteiger partial charge in [0.1, 0.15) is 5.56 Å². The average Bonchev–Trinajstić information content (AvgIpc) is 3.16. The van der Waals surface area contributed by atoms with Gasteiger partial charge in [0.15, 0.2) is 0 Å². The van der Waals surface area contributed by atoms with Crippen LogP contribution in [0.4, 0.5) is 5.69 Å². The van der Waals surface area contributed by atoms with Gasteiger partial charge in [0, 0.05) is 18.3 Å². The number of esters is 1. The fourth-order valence-corrected chi connectivity index (χ4v) is 3.11. The summed E-state index contributed by atoms with van der Waals surface area (Å²) in [5.41, 5.74) is 1.70. The van der Waals surface area contributed by atoms with E-state index in [1.165, 1.54) is 19.0 Å². The molecule has 1 saturated carbocycles. The Morgan fingerprint density at radius 2 is 2.17 bits per heavy atom. The van der Waals surface area contributed by atoms with Gasteiger partial charge >= 0.3 is 5.97 Å². The number of anilines is 1. The highest BCUT2D eigenvalue weighted by molar-refractivity contribution is 5.98. The van der Waals surface area contributed by atoms with Gasteiger partial charge in [-0.25, -0.2) is 9.31 Å². The highest BCUT2D eigenvalue weighted by Crippen LogP contribution is 2.28. The molecule has 0 spiro atoms. The van der Waals surface area contributed by atoms with Gasteiger partial charge in [-0.3, -0.25) is 4.79 Å². The first-order valence-corrected chi connectivity index (χ1v) is 8.11. The third-order valence-corrected chi connectivity index (χ3v) is 4.25. The lowest BCUT2D eigenvalue weighted by molar-refractivity contribution is -0.117. The number of fused-ring (bicyclic) bond motifs is 1. The molecule has 1 aliphatic carbocycles. The van der Waals surface area contributed by atoms with E-state index >= 15 is 0 Å². The van der Waals surface area contributed by atoms with Crippen LogP contribution in [0.15, 0.2) is 24.5 Å². The normalized spacial score (nSPS) is 15.0. The third kappa shape index (κ3) is 3.52. The summed E-state index contributed by atoms with van der Waals surface area (Å²) in [4.78, 5) is 24.1. The Morgan fingerprint density at radius 1 is 1.39 bits per heavy atom. The fraction of sp³-hybridized carbons (Fsp3) is 0.471. The number of amides is 1. The number of hydrogen-bond donors (Lipinski definition) is 1. The molecule has 2 heterocycles. The third-order valence-electron chi connectivity index (χ3n) is 4.25. The predicted molar refractivity (Wildman–Crippen MR) is 86.4 cm³/mol. The molecule has 2 aromatic heterocycles. The smallest absolute Gasteiger partial charge is 0.341 e. The van der Waals surface area contributed by atoms with Gasteiger partial charge in [-0.15, -0.1) is 0 Å². The molecule has 3 rings (SSSR count). The van der Waals surface area contributed by atoms with E-state index in [4.69, 9.17) is 4.74 Å². The second kappa shape index (κ2) is 6.81. The van der Waals surface area contributed by atoms with E-state index in [1.54, 1.807) is 29.8 Å². The van der Waals surface area contributed by atoms with Gasteiger partial charge in [-0.1, -0.05) is 12.8 Å². The maximum atomic E-state index is 12.1. The standard InChI is InChI=1S/C17H21N3O3/c1-2-23-17(22)14-11-18-20-8-7-13(10-15(14)20)19-16(21)9-12-5-3-4-6-12/h7-8,10-12H,2-6,9H2,1H3,(H,19,21). The molecule has 0 atom stereocenters. The van der Waals surface area contributed by atoms with Crippen LogP contribution in [0.25, 0.3) is 5.52 Å².